The van der Waals surface area contributed by atoms with E-state index < -0.39 is 22.5 Å². The van der Waals surface area contributed by atoms with Gasteiger partial charge < -0.3 is 24.6 Å². The molecule has 0 bridgehead atoms. The summed E-state index contributed by atoms with van der Waals surface area (Å²) >= 11 is 0. The maximum absolute atomic E-state index is 12.8. The summed E-state index contributed by atoms with van der Waals surface area (Å²) in [7, 11) is 0. The molecule has 1 N–H and O–H groups in total. The van der Waals surface area contributed by atoms with Crippen molar-refractivity contribution in [3.8, 4) is 0 Å². The van der Waals surface area contributed by atoms with Crippen molar-refractivity contribution in [1.82, 2.24) is 15.1 Å². The first-order valence-corrected chi connectivity index (χ1v) is 10.4. The second-order valence-electron chi connectivity index (χ2n) is 9.60. The van der Waals surface area contributed by atoms with Gasteiger partial charge in [-0.25, -0.2) is 9.59 Å². The number of rotatable bonds is 2. The van der Waals surface area contributed by atoms with Crippen molar-refractivity contribution in [2.24, 2.45) is 10.8 Å². The first kappa shape index (κ1) is 20.5. The predicted octanol–water partition coefficient (Wildman–Crippen LogP) is 2.38. The van der Waals surface area contributed by atoms with Crippen molar-refractivity contribution in [3.05, 3.63) is 35.9 Å². The highest BCUT2D eigenvalue weighted by Crippen LogP contribution is 2.56. The summed E-state index contributed by atoms with van der Waals surface area (Å²) < 4.78 is 11.0. The topological polar surface area (TPSA) is 88.2 Å². The quantitative estimate of drug-likeness (QED) is 0.801. The Hall–Kier alpha value is -2.77. The van der Waals surface area contributed by atoms with Crippen LogP contribution < -0.4 is 5.32 Å². The Morgan fingerprint density at radius 1 is 1.03 bits per heavy atom. The number of carbonyl (C=O) groups excluding carboxylic acids is 3. The minimum absolute atomic E-state index is 0.0373. The van der Waals surface area contributed by atoms with Gasteiger partial charge in [-0.3, -0.25) is 4.79 Å². The molecule has 3 amide bonds. The molecule has 8 nitrogen and oxygen atoms in total. The number of nitrogens with one attached hydrogen (secondary N) is 1. The monoisotopic (exact) mass is 415 g/mol. The molecular formula is C22H29N3O5. The highest BCUT2D eigenvalue weighted by molar-refractivity contribution is 5.88. The van der Waals surface area contributed by atoms with Crippen molar-refractivity contribution in [2.75, 3.05) is 32.7 Å². The van der Waals surface area contributed by atoms with Gasteiger partial charge in [-0.05, 0) is 32.8 Å². The van der Waals surface area contributed by atoms with Gasteiger partial charge in [-0.2, -0.15) is 0 Å². The van der Waals surface area contributed by atoms with Crippen LogP contribution in [0.4, 0.5) is 9.59 Å². The number of carbonyl (C=O) groups is 3. The highest BCUT2D eigenvalue weighted by atomic mass is 16.6. The number of hydrogen-bond donors (Lipinski definition) is 1. The van der Waals surface area contributed by atoms with E-state index in [9.17, 15) is 14.4 Å². The standard InChI is InChI=1S/C22H29N3O5/c1-20(2,3)30-19(28)24-12-21(13-24)14-25(15-22(21)9-10-23-17(22)26)18(27)29-11-16-7-5-4-6-8-16/h4-8H,9-15H2,1-3H3,(H,23,26)/t22-/m0/s1. The second kappa shape index (κ2) is 7.18. The third kappa shape index (κ3) is 3.48. The lowest BCUT2D eigenvalue weighted by Crippen LogP contribution is -2.67. The molecule has 2 spiro atoms. The van der Waals surface area contributed by atoms with E-state index in [2.05, 4.69) is 5.32 Å². The van der Waals surface area contributed by atoms with E-state index >= 15 is 0 Å². The first-order chi connectivity index (χ1) is 14.1. The lowest BCUT2D eigenvalue weighted by atomic mass is 9.60. The van der Waals surface area contributed by atoms with Gasteiger partial charge in [0.1, 0.15) is 12.2 Å². The number of ether oxygens (including phenoxy) is 2. The van der Waals surface area contributed by atoms with Crippen LogP contribution in [-0.4, -0.2) is 66.2 Å². The molecule has 3 saturated heterocycles. The Morgan fingerprint density at radius 3 is 2.23 bits per heavy atom. The molecule has 0 unspecified atom stereocenters. The fourth-order valence-corrected chi connectivity index (χ4v) is 4.88. The van der Waals surface area contributed by atoms with E-state index in [1.54, 1.807) is 9.80 Å². The van der Waals surface area contributed by atoms with Gasteiger partial charge >= 0.3 is 12.2 Å². The van der Waals surface area contributed by atoms with Crippen LogP contribution in [0.3, 0.4) is 0 Å². The minimum Gasteiger partial charge on any atom is -0.445 e. The number of benzene rings is 1. The van der Waals surface area contributed by atoms with Crippen LogP contribution in [0.15, 0.2) is 30.3 Å². The van der Waals surface area contributed by atoms with E-state index in [1.165, 1.54) is 0 Å². The molecule has 3 fully saturated rings. The van der Waals surface area contributed by atoms with Crippen LogP contribution >= 0.6 is 0 Å². The van der Waals surface area contributed by atoms with Crippen LogP contribution in [0.2, 0.25) is 0 Å². The van der Waals surface area contributed by atoms with Gasteiger partial charge in [-0.1, -0.05) is 30.3 Å². The second-order valence-corrected chi connectivity index (χ2v) is 9.60. The third-order valence-corrected chi connectivity index (χ3v) is 6.34. The van der Waals surface area contributed by atoms with Crippen molar-refractivity contribution < 1.29 is 23.9 Å². The van der Waals surface area contributed by atoms with Crippen LogP contribution in [0, 0.1) is 10.8 Å². The normalized spacial score (nSPS) is 24.7. The average Bonchev–Trinajstić information content (AvgIpc) is 3.20. The Kier molecular flexibility index (Phi) is 4.91. The zero-order chi connectivity index (χ0) is 21.6. The molecule has 3 aliphatic rings. The number of hydrogen-bond acceptors (Lipinski definition) is 5. The summed E-state index contributed by atoms with van der Waals surface area (Å²) in [6.45, 7) is 7.76. The molecule has 1 aromatic rings. The zero-order valence-electron chi connectivity index (χ0n) is 17.8. The third-order valence-electron chi connectivity index (χ3n) is 6.34. The van der Waals surface area contributed by atoms with Crippen molar-refractivity contribution in [1.29, 1.82) is 0 Å². The van der Waals surface area contributed by atoms with E-state index in [0.717, 1.165) is 5.56 Å². The molecule has 0 aliphatic carbocycles. The molecular weight excluding hydrogens is 386 g/mol. The van der Waals surface area contributed by atoms with Crippen LogP contribution in [0.5, 0.6) is 0 Å². The first-order valence-electron chi connectivity index (χ1n) is 10.4. The molecule has 0 saturated carbocycles. The summed E-state index contributed by atoms with van der Waals surface area (Å²) in [5.74, 6) is -0.0373. The number of likely N-dealkylation sites (tertiary alicyclic amines) is 2. The minimum atomic E-state index is -0.683. The number of nitrogens with zero attached hydrogens (tertiary/aromatic N) is 2. The van der Waals surface area contributed by atoms with E-state index in [1.807, 2.05) is 51.1 Å². The van der Waals surface area contributed by atoms with Crippen LogP contribution in [-0.2, 0) is 20.9 Å². The lowest BCUT2D eigenvalue weighted by Gasteiger charge is -2.53. The molecule has 0 radical (unpaired) electrons. The Balaban J connectivity index is 1.45. The highest BCUT2D eigenvalue weighted by Gasteiger charge is 2.69. The zero-order valence-corrected chi connectivity index (χ0v) is 17.8. The fraction of sp³-hybridized carbons (Fsp3) is 0.591. The van der Waals surface area contributed by atoms with Gasteiger partial charge in [0, 0.05) is 38.1 Å². The summed E-state index contributed by atoms with van der Waals surface area (Å²) in [6.07, 6.45) is -0.159. The van der Waals surface area contributed by atoms with E-state index in [-0.39, 0.29) is 18.6 Å². The molecule has 1 atom stereocenters. The van der Waals surface area contributed by atoms with Crippen LogP contribution in [0.25, 0.3) is 0 Å². The molecule has 3 heterocycles. The Bertz CT molecular complexity index is 844. The lowest BCUT2D eigenvalue weighted by molar-refractivity contribution is -0.140. The van der Waals surface area contributed by atoms with Crippen LogP contribution in [0.1, 0.15) is 32.8 Å². The Morgan fingerprint density at radius 2 is 1.67 bits per heavy atom. The molecule has 3 aliphatic heterocycles. The summed E-state index contributed by atoms with van der Waals surface area (Å²) in [4.78, 5) is 41.3. The van der Waals surface area contributed by atoms with Gasteiger partial charge in [0.2, 0.25) is 5.91 Å². The maximum atomic E-state index is 12.8. The molecule has 162 valence electrons. The fourth-order valence-electron chi connectivity index (χ4n) is 4.88. The van der Waals surface area contributed by atoms with E-state index in [0.29, 0.717) is 39.1 Å². The van der Waals surface area contributed by atoms with Gasteiger partial charge in [0.05, 0.1) is 5.41 Å². The predicted molar refractivity (Wildman–Crippen MR) is 108 cm³/mol. The summed E-state index contributed by atoms with van der Waals surface area (Å²) in [5.41, 5.74) is -0.813. The number of fused-ring (bicyclic) bond motifs is 1. The Labute approximate surface area is 176 Å². The molecule has 8 heteroatoms. The average molecular weight is 415 g/mol. The summed E-state index contributed by atoms with van der Waals surface area (Å²) in [5, 5.41) is 2.92. The molecule has 30 heavy (non-hydrogen) atoms. The maximum Gasteiger partial charge on any atom is 0.410 e. The SMILES string of the molecule is CC(C)(C)OC(=O)N1CC2(CN(C(=O)OCc3ccccc3)C[C@]23CCNC3=O)C1. The van der Waals surface area contributed by atoms with Crippen molar-refractivity contribution >= 4 is 18.1 Å². The van der Waals surface area contributed by atoms with Crippen molar-refractivity contribution in [2.45, 2.75) is 39.4 Å². The van der Waals surface area contributed by atoms with E-state index in [4.69, 9.17) is 9.47 Å². The molecule has 0 aromatic heterocycles. The molecule has 1 aromatic carbocycles. The van der Waals surface area contributed by atoms with Gasteiger partial charge in [0.15, 0.2) is 0 Å². The van der Waals surface area contributed by atoms with Crippen molar-refractivity contribution in [3.63, 3.8) is 0 Å². The largest absolute Gasteiger partial charge is 0.445 e. The summed E-state index contributed by atoms with van der Waals surface area (Å²) in [6, 6.07) is 9.49. The molecule has 4 rings (SSSR count). The number of amides is 3. The van der Waals surface area contributed by atoms with Gasteiger partial charge in [-0.15, -0.1) is 0 Å². The van der Waals surface area contributed by atoms with Gasteiger partial charge in [0.25, 0.3) is 0 Å². The smallest absolute Gasteiger partial charge is 0.410 e.